The monoisotopic (exact) mass is 465 g/mol. The smallest absolute Gasteiger partial charge is 0.363 e. The lowest BCUT2D eigenvalue weighted by Gasteiger charge is -2.07. The highest BCUT2D eigenvalue weighted by molar-refractivity contribution is 6.30. The van der Waals surface area contributed by atoms with Gasteiger partial charge in [-0.2, -0.15) is 0 Å². The molecule has 0 amide bonds. The van der Waals surface area contributed by atoms with Crippen LogP contribution in [0.2, 0.25) is 5.02 Å². The van der Waals surface area contributed by atoms with Crippen LogP contribution in [-0.4, -0.2) is 11.9 Å². The highest BCUT2D eigenvalue weighted by Gasteiger charge is 2.24. The number of aliphatic imine (C=N–C) groups is 1. The third-order valence-corrected chi connectivity index (χ3v) is 5.59. The predicted octanol–water partition coefficient (Wildman–Crippen LogP) is 6.93. The summed E-state index contributed by atoms with van der Waals surface area (Å²) in [5.41, 5.74) is 5.01. The molecule has 1 aliphatic heterocycles. The fraction of sp³-hybridized carbons (Fsp3) is 0.0345. The van der Waals surface area contributed by atoms with E-state index in [1.54, 1.807) is 6.08 Å². The van der Waals surface area contributed by atoms with E-state index in [2.05, 4.69) is 17.1 Å². The lowest BCUT2D eigenvalue weighted by Crippen LogP contribution is -2.05. The number of carbonyl (C=O) groups excluding carboxylic acids is 1. The summed E-state index contributed by atoms with van der Waals surface area (Å²) in [6.45, 7) is 0.417. The molecule has 166 valence electrons. The Hall–Kier alpha value is -4.15. The summed E-state index contributed by atoms with van der Waals surface area (Å²) in [6.07, 6.45) is 1.70. The fourth-order valence-electron chi connectivity index (χ4n) is 3.57. The second kappa shape index (κ2) is 9.77. The summed E-state index contributed by atoms with van der Waals surface area (Å²) >= 11 is 5.93. The van der Waals surface area contributed by atoms with Crippen molar-refractivity contribution in [1.82, 2.24) is 0 Å². The molecule has 4 nitrogen and oxygen atoms in total. The van der Waals surface area contributed by atoms with Gasteiger partial charge >= 0.3 is 5.97 Å². The van der Waals surface area contributed by atoms with Crippen molar-refractivity contribution in [1.29, 1.82) is 0 Å². The number of cyclic esters (lactones) is 1. The van der Waals surface area contributed by atoms with Crippen molar-refractivity contribution in [2.75, 3.05) is 0 Å². The van der Waals surface area contributed by atoms with Crippen LogP contribution in [0.15, 0.2) is 114 Å². The molecule has 0 unspecified atom stereocenters. The highest BCUT2D eigenvalue weighted by Crippen LogP contribution is 2.24. The third-order valence-electron chi connectivity index (χ3n) is 5.34. The van der Waals surface area contributed by atoms with Gasteiger partial charge in [0.25, 0.3) is 0 Å². The van der Waals surface area contributed by atoms with Crippen LogP contribution in [0.5, 0.6) is 5.75 Å². The van der Waals surface area contributed by atoms with Crippen LogP contribution >= 0.6 is 11.6 Å². The molecule has 5 rings (SSSR count). The number of nitrogens with zero attached hydrogens (tertiary/aromatic N) is 1. The molecular weight excluding hydrogens is 446 g/mol. The topological polar surface area (TPSA) is 47.9 Å². The molecule has 0 radical (unpaired) electrons. The number of hydrogen-bond acceptors (Lipinski definition) is 4. The Kier molecular flexibility index (Phi) is 6.23. The maximum absolute atomic E-state index is 12.4. The van der Waals surface area contributed by atoms with Crippen LogP contribution in [0.1, 0.15) is 16.7 Å². The Bertz CT molecular complexity index is 1380. The molecule has 0 saturated carbocycles. The van der Waals surface area contributed by atoms with E-state index in [0.29, 0.717) is 23.3 Å². The van der Waals surface area contributed by atoms with Crippen molar-refractivity contribution < 1.29 is 14.3 Å². The molecule has 0 spiro atoms. The van der Waals surface area contributed by atoms with E-state index in [4.69, 9.17) is 21.1 Å². The van der Waals surface area contributed by atoms with Gasteiger partial charge in [0, 0.05) is 10.6 Å². The summed E-state index contributed by atoms with van der Waals surface area (Å²) < 4.78 is 11.3. The number of rotatable bonds is 6. The Balaban J connectivity index is 1.31. The van der Waals surface area contributed by atoms with Gasteiger partial charge in [0.05, 0.1) is 0 Å². The van der Waals surface area contributed by atoms with E-state index in [9.17, 15) is 4.79 Å². The molecule has 4 aromatic rings. The van der Waals surface area contributed by atoms with Gasteiger partial charge in [0.2, 0.25) is 5.90 Å². The standard InChI is InChI=1S/C29H20ClNO3/c30-25-15-9-20(10-16-25)19-33-26-8-4-5-21(17-26)18-27-29(32)34-28(31-27)24-13-11-23(12-14-24)22-6-2-1-3-7-22/h1-18H,19H2/b27-18-. The van der Waals surface area contributed by atoms with Crippen molar-refractivity contribution in [2.24, 2.45) is 4.99 Å². The van der Waals surface area contributed by atoms with E-state index in [-0.39, 0.29) is 5.70 Å². The van der Waals surface area contributed by atoms with Gasteiger partial charge in [-0.1, -0.05) is 78.3 Å². The van der Waals surface area contributed by atoms with E-state index < -0.39 is 5.97 Å². The van der Waals surface area contributed by atoms with Crippen molar-refractivity contribution in [2.45, 2.75) is 6.61 Å². The van der Waals surface area contributed by atoms with Crippen molar-refractivity contribution in [3.05, 3.63) is 131 Å². The second-order valence-corrected chi connectivity index (χ2v) is 8.20. The zero-order chi connectivity index (χ0) is 23.3. The van der Waals surface area contributed by atoms with Gasteiger partial charge in [-0.3, -0.25) is 0 Å². The summed E-state index contributed by atoms with van der Waals surface area (Å²) in [4.78, 5) is 16.8. The van der Waals surface area contributed by atoms with Crippen molar-refractivity contribution in [3.8, 4) is 16.9 Å². The molecule has 0 saturated heterocycles. The largest absolute Gasteiger partial charge is 0.489 e. The normalized spacial score (nSPS) is 14.1. The minimum Gasteiger partial charge on any atom is -0.489 e. The van der Waals surface area contributed by atoms with Crippen LogP contribution in [0.3, 0.4) is 0 Å². The van der Waals surface area contributed by atoms with Gasteiger partial charge in [0.15, 0.2) is 5.70 Å². The lowest BCUT2D eigenvalue weighted by atomic mass is 10.0. The molecule has 0 N–H and O–H groups in total. The van der Waals surface area contributed by atoms with Gasteiger partial charge in [-0.25, -0.2) is 9.79 Å². The van der Waals surface area contributed by atoms with E-state index >= 15 is 0 Å². The molecule has 1 heterocycles. The Morgan fingerprint density at radius 3 is 2.26 bits per heavy atom. The first-order chi connectivity index (χ1) is 16.6. The quantitative estimate of drug-likeness (QED) is 0.229. The first-order valence-electron chi connectivity index (χ1n) is 10.8. The number of hydrogen-bond donors (Lipinski definition) is 0. The number of esters is 1. The molecule has 0 fully saturated rings. The minimum absolute atomic E-state index is 0.247. The molecule has 0 aliphatic carbocycles. The van der Waals surface area contributed by atoms with Crippen LogP contribution in [-0.2, 0) is 16.1 Å². The number of ether oxygens (including phenoxy) is 2. The highest BCUT2D eigenvalue weighted by atomic mass is 35.5. The molecule has 5 heteroatoms. The van der Waals surface area contributed by atoms with Gasteiger partial charge in [-0.05, 0) is 64.7 Å². The van der Waals surface area contributed by atoms with Crippen molar-refractivity contribution in [3.63, 3.8) is 0 Å². The molecule has 0 bridgehead atoms. The van der Waals surface area contributed by atoms with Gasteiger partial charge in [-0.15, -0.1) is 0 Å². The van der Waals surface area contributed by atoms with Gasteiger partial charge in [0.1, 0.15) is 12.4 Å². The number of carbonyl (C=O) groups is 1. The van der Waals surface area contributed by atoms with Crippen LogP contribution in [0.4, 0.5) is 0 Å². The Labute approximate surface area is 202 Å². The van der Waals surface area contributed by atoms with Gasteiger partial charge < -0.3 is 9.47 Å². The molecule has 0 atom stereocenters. The number of benzene rings is 4. The van der Waals surface area contributed by atoms with Crippen molar-refractivity contribution >= 4 is 29.5 Å². The van der Waals surface area contributed by atoms with E-state index in [1.807, 2.05) is 91.0 Å². The summed E-state index contributed by atoms with van der Waals surface area (Å²) in [6, 6.07) is 32.9. The maximum atomic E-state index is 12.4. The van der Waals surface area contributed by atoms with Crippen LogP contribution in [0.25, 0.3) is 17.2 Å². The minimum atomic E-state index is -0.477. The molecule has 34 heavy (non-hydrogen) atoms. The van der Waals surface area contributed by atoms with E-state index in [1.165, 1.54) is 0 Å². The Morgan fingerprint density at radius 2 is 1.50 bits per heavy atom. The zero-order valence-electron chi connectivity index (χ0n) is 18.1. The molecule has 1 aliphatic rings. The first-order valence-corrected chi connectivity index (χ1v) is 11.2. The lowest BCUT2D eigenvalue weighted by molar-refractivity contribution is -0.129. The third kappa shape index (κ3) is 5.08. The molecular formula is C29H20ClNO3. The fourth-order valence-corrected chi connectivity index (χ4v) is 3.69. The van der Waals surface area contributed by atoms with Crippen LogP contribution < -0.4 is 4.74 Å². The summed E-state index contributed by atoms with van der Waals surface area (Å²) in [5.74, 6) is 0.511. The summed E-state index contributed by atoms with van der Waals surface area (Å²) in [5, 5.41) is 0.688. The van der Waals surface area contributed by atoms with E-state index in [0.717, 1.165) is 27.8 Å². The second-order valence-electron chi connectivity index (χ2n) is 7.77. The molecule has 0 aromatic heterocycles. The molecule has 4 aromatic carbocycles. The number of halogens is 1. The summed E-state index contributed by atoms with van der Waals surface area (Å²) in [7, 11) is 0. The SMILES string of the molecule is O=C1OC(c2ccc(-c3ccccc3)cc2)=N/C1=C\c1cccc(OCc2ccc(Cl)cc2)c1. The zero-order valence-corrected chi connectivity index (χ0v) is 18.9. The first kappa shape index (κ1) is 21.7. The average molecular weight is 466 g/mol. The Morgan fingerprint density at radius 1 is 0.794 bits per heavy atom. The average Bonchev–Trinajstić information content (AvgIpc) is 3.24. The van der Waals surface area contributed by atoms with Crippen LogP contribution in [0, 0.1) is 0 Å². The maximum Gasteiger partial charge on any atom is 0.363 e. The predicted molar refractivity (Wildman–Crippen MR) is 135 cm³/mol.